The number of fused-ring (bicyclic) bond motifs is 1. The Labute approximate surface area is 152 Å². The first-order valence-corrected chi connectivity index (χ1v) is 9.03. The molecule has 2 aromatic heterocycles. The maximum absolute atomic E-state index is 12.6. The van der Waals surface area contributed by atoms with Crippen molar-refractivity contribution in [1.82, 2.24) is 19.4 Å². The van der Waals surface area contributed by atoms with Crippen molar-refractivity contribution in [3.05, 3.63) is 54.0 Å². The van der Waals surface area contributed by atoms with Gasteiger partial charge in [0.15, 0.2) is 5.65 Å². The molecule has 4 rings (SSSR count). The average molecular weight is 349 g/mol. The number of hydrogen-bond acceptors (Lipinski definition) is 3. The fraction of sp³-hybridized carbons (Fsp3) is 0.350. The lowest BCUT2D eigenvalue weighted by Gasteiger charge is -2.32. The van der Waals surface area contributed by atoms with Crippen LogP contribution in [0.1, 0.15) is 30.0 Å². The Hall–Kier alpha value is -2.89. The first kappa shape index (κ1) is 16.6. The molecule has 0 spiro atoms. The molecular formula is C20H23N5O. The number of nitrogens with one attached hydrogen (secondary N) is 1. The van der Waals surface area contributed by atoms with Crippen LogP contribution >= 0.6 is 0 Å². The predicted octanol–water partition coefficient (Wildman–Crippen LogP) is 3.92. The first-order chi connectivity index (χ1) is 12.6. The number of urea groups is 1. The highest BCUT2D eigenvalue weighted by Gasteiger charge is 2.25. The molecule has 0 aliphatic carbocycles. The number of likely N-dealkylation sites (tertiary alicyclic amines) is 1. The van der Waals surface area contributed by atoms with E-state index in [1.165, 1.54) is 5.56 Å². The summed E-state index contributed by atoms with van der Waals surface area (Å²) in [4.78, 5) is 23.4. The van der Waals surface area contributed by atoms with Crippen LogP contribution in [0, 0.1) is 13.8 Å². The van der Waals surface area contributed by atoms with Crippen LogP contribution in [0.5, 0.6) is 0 Å². The van der Waals surface area contributed by atoms with Crippen LogP contribution in [-0.2, 0) is 0 Å². The number of piperidine rings is 1. The molecule has 1 aliphatic rings. The molecule has 6 heteroatoms. The Morgan fingerprint density at radius 2 is 1.92 bits per heavy atom. The monoisotopic (exact) mass is 349 g/mol. The Balaban J connectivity index is 1.42. The van der Waals surface area contributed by atoms with Gasteiger partial charge in [-0.05, 0) is 56.0 Å². The van der Waals surface area contributed by atoms with E-state index in [0.29, 0.717) is 6.04 Å². The van der Waals surface area contributed by atoms with Crippen molar-refractivity contribution < 1.29 is 4.79 Å². The summed E-state index contributed by atoms with van der Waals surface area (Å²) in [5, 5.41) is 3.06. The summed E-state index contributed by atoms with van der Waals surface area (Å²) in [7, 11) is 0. The van der Waals surface area contributed by atoms with Gasteiger partial charge in [0.05, 0.1) is 6.33 Å². The smallest absolute Gasteiger partial charge is 0.321 e. The normalized spacial score (nSPS) is 15.4. The Morgan fingerprint density at radius 1 is 1.12 bits per heavy atom. The summed E-state index contributed by atoms with van der Waals surface area (Å²) in [6, 6.07) is 10.2. The van der Waals surface area contributed by atoms with Gasteiger partial charge in [0.1, 0.15) is 5.52 Å². The van der Waals surface area contributed by atoms with Crippen LogP contribution in [0.4, 0.5) is 10.5 Å². The molecule has 1 N–H and O–H groups in total. The Kier molecular flexibility index (Phi) is 4.32. The Morgan fingerprint density at radius 3 is 2.73 bits per heavy atom. The van der Waals surface area contributed by atoms with E-state index < -0.39 is 0 Å². The second-order valence-corrected chi connectivity index (χ2v) is 6.89. The molecule has 1 aromatic carbocycles. The van der Waals surface area contributed by atoms with Crippen molar-refractivity contribution in [1.29, 1.82) is 0 Å². The van der Waals surface area contributed by atoms with Crippen molar-refractivity contribution >= 4 is 22.9 Å². The standard InChI is InChI=1S/C20H23N5O/c1-14-5-3-6-17(15(14)2)23-20(26)24-11-8-16(9-12-24)25-13-22-18-7-4-10-21-19(18)25/h3-7,10,13,16H,8-9,11-12H2,1-2H3,(H,23,26). The van der Waals surface area contributed by atoms with Crippen molar-refractivity contribution in [3.8, 4) is 0 Å². The maximum atomic E-state index is 12.6. The maximum Gasteiger partial charge on any atom is 0.321 e. The number of aryl methyl sites for hydroxylation is 1. The fourth-order valence-corrected chi connectivity index (χ4v) is 3.56. The average Bonchev–Trinajstić information content (AvgIpc) is 3.10. The third-order valence-electron chi connectivity index (χ3n) is 5.32. The zero-order chi connectivity index (χ0) is 18.1. The zero-order valence-electron chi connectivity index (χ0n) is 15.1. The van der Waals surface area contributed by atoms with Crippen LogP contribution in [0.2, 0.25) is 0 Å². The minimum atomic E-state index is -0.0224. The number of hydrogen-bond donors (Lipinski definition) is 1. The van der Waals surface area contributed by atoms with Gasteiger partial charge in [0.25, 0.3) is 0 Å². The van der Waals surface area contributed by atoms with Gasteiger partial charge in [-0.1, -0.05) is 12.1 Å². The van der Waals surface area contributed by atoms with Crippen LogP contribution < -0.4 is 5.32 Å². The second-order valence-electron chi connectivity index (χ2n) is 6.89. The lowest BCUT2D eigenvalue weighted by atomic mass is 10.1. The Bertz CT molecular complexity index is 940. The molecule has 1 fully saturated rings. The highest BCUT2D eigenvalue weighted by molar-refractivity contribution is 5.90. The molecule has 0 atom stereocenters. The van der Waals surface area contributed by atoms with Crippen LogP contribution in [0.3, 0.4) is 0 Å². The van der Waals surface area contributed by atoms with E-state index in [0.717, 1.165) is 48.3 Å². The summed E-state index contributed by atoms with van der Waals surface area (Å²) < 4.78 is 2.15. The van der Waals surface area contributed by atoms with Gasteiger partial charge >= 0.3 is 6.03 Å². The number of anilines is 1. The molecule has 6 nitrogen and oxygen atoms in total. The van der Waals surface area contributed by atoms with Crippen molar-refractivity contribution in [2.24, 2.45) is 0 Å². The van der Waals surface area contributed by atoms with E-state index in [9.17, 15) is 4.79 Å². The lowest BCUT2D eigenvalue weighted by Crippen LogP contribution is -2.41. The summed E-state index contributed by atoms with van der Waals surface area (Å²) in [5.74, 6) is 0. The van der Waals surface area contributed by atoms with E-state index in [2.05, 4.69) is 32.8 Å². The number of pyridine rings is 1. The number of aromatic nitrogens is 3. The highest BCUT2D eigenvalue weighted by Crippen LogP contribution is 2.26. The van der Waals surface area contributed by atoms with Gasteiger partial charge in [-0.3, -0.25) is 0 Å². The number of carbonyl (C=O) groups excluding carboxylic acids is 1. The number of nitrogens with zero attached hydrogens (tertiary/aromatic N) is 4. The van der Waals surface area contributed by atoms with Gasteiger partial charge < -0.3 is 14.8 Å². The van der Waals surface area contributed by atoms with E-state index in [-0.39, 0.29) is 6.03 Å². The third-order valence-corrected chi connectivity index (χ3v) is 5.32. The number of imidazole rings is 1. The van der Waals surface area contributed by atoms with Crippen LogP contribution in [0.25, 0.3) is 11.2 Å². The van der Waals surface area contributed by atoms with Gasteiger partial charge in [0.2, 0.25) is 0 Å². The third kappa shape index (κ3) is 3.03. The highest BCUT2D eigenvalue weighted by atomic mass is 16.2. The van der Waals surface area contributed by atoms with E-state index >= 15 is 0 Å². The molecule has 0 bridgehead atoms. The fourth-order valence-electron chi connectivity index (χ4n) is 3.56. The molecule has 3 aromatic rings. The van der Waals surface area contributed by atoms with Crippen LogP contribution in [0.15, 0.2) is 42.9 Å². The minimum Gasteiger partial charge on any atom is -0.324 e. The second kappa shape index (κ2) is 6.78. The van der Waals surface area contributed by atoms with E-state index in [4.69, 9.17) is 0 Å². The predicted molar refractivity (Wildman–Crippen MR) is 102 cm³/mol. The van der Waals surface area contributed by atoms with Crippen LogP contribution in [-0.4, -0.2) is 38.6 Å². The number of rotatable bonds is 2. The number of carbonyl (C=O) groups is 1. The van der Waals surface area contributed by atoms with Crippen molar-refractivity contribution in [3.63, 3.8) is 0 Å². The SMILES string of the molecule is Cc1cccc(NC(=O)N2CCC(n3cnc4cccnc43)CC2)c1C. The summed E-state index contributed by atoms with van der Waals surface area (Å²) in [5.41, 5.74) is 5.03. The van der Waals surface area contributed by atoms with E-state index in [1.54, 1.807) is 6.20 Å². The van der Waals surface area contributed by atoms with Gasteiger partial charge in [-0.2, -0.15) is 0 Å². The largest absolute Gasteiger partial charge is 0.324 e. The van der Waals surface area contributed by atoms with Crippen molar-refractivity contribution in [2.75, 3.05) is 18.4 Å². The van der Waals surface area contributed by atoms with Gasteiger partial charge in [-0.15, -0.1) is 0 Å². The van der Waals surface area contributed by atoms with Gasteiger partial charge in [-0.25, -0.2) is 14.8 Å². The molecule has 26 heavy (non-hydrogen) atoms. The van der Waals surface area contributed by atoms with Crippen molar-refractivity contribution in [2.45, 2.75) is 32.7 Å². The van der Waals surface area contributed by atoms with E-state index in [1.807, 2.05) is 42.4 Å². The molecule has 1 aliphatic heterocycles. The molecule has 134 valence electrons. The molecule has 3 heterocycles. The molecule has 0 unspecified atom stereocenters. The molecular weight excluding hydrogens is 326 g/mol. The lowest BCUT2D eigenvalue weighted by molar-refractivity contribution is 0.184. The summed E-state index contributed by atoms with van der Waals surface area (Å²) >= 11 is 0. The molecule has 0 saturated carbocycles. The zero-order valence-corrected chi connectivity index (χ0v) is 15.1. The molecule has 0 radical (unpaired) electrons. The number of benzene rings is 1. The van der Waals surface area contributed by atoms with Gasteiger partial charge in [0, 0.05) is 31.0 Å². The molecule has 2 amide bonds. The molecule has 1 saturated heterocycles. The minimum absolute atomic E-state index is 0.0224. The summed E-state index contributed by atoms with van der Waals surface area (Å²) in [6.45, 7) is 5.55. The number of amides is 2. The topological polar surface area (TPSA) is 63.1 Å². The summed E-state index contributed by atoms with van der Waals surface area (Å²) in [6.07, 6.45) is 5.48. The quantitative estimate of drug-likeness (QED) is 0.763. The first-order valence-electron chi connectivity index (χ1n) is 9.03.